The SMILES string of the molecule is [C-]#C[CH+]C#[C-]. The van der Waals surface area contributed by atoms with Gasteiger partial charge < -0.3 is 0 Å². The molecule has 0 saturated carbocycles. The topological polar surface area (TPSA) is 0 Å². The lowest BCUT2D eigenvalue weighted by Gasteiger charge is -1.69. The van der Waals surface area contributed by atoms with E-state index in [4.69, 9.17) is 12.8 Å². The van der Waals surface area contributed by atoms with E-state index in [1.54, 1.807) is 0 Å². The Labute approximate surface area is 32.2 Å². The van der Waals surface area contributed by atoms with E-state index in [2.05, 4.69) is 0 Å². The van der Waals surface area contributed by atoms with E-state index >= 15 is 0 Å². The van der Waals surface area contributed by atoms with Crippen molar-refractivity contribution in [2.75, 3.05) is 0 Å². The summed E-state index contributed by atoms with van der Waals surface area (Å²) >= 11 is 0. The Morgan fingerprint density at radius 3 is 1.60 bits per heavy atom. The summed E-state index contributed by atoms with van der Waals surface area (Å²) in [5.41, 5.74) is 0. The zero-order valence-corrected chi connectivity index (χ0v) is 2.58. The van der Waals surface area contributed by atoms with Crippen LogP contribution >= 0.6 is 0 Å². The fourth-order valence-electron chi connectivity index (χ4n) is 0.0361. The molecule has 5 heavy (non-hydrogen) atoms. The van der Waals surface area contributed by atoms with Crippen molar-refractivity contribution in [1.82, 2.24) is 0 Å². The molecule has 0 radical (unpaired) electrons. The third-order valence-corrected chi connectivity index (χ3v) is 0.144. The summed E-state index contributed by atoms with van der Waals surface area (Å²) in [5, 5.41) is 0. The fraction of sp³-hybridized carbons (Fsp3) is 0. The van der Waals surface area contributed by atoms with Gasteiger partial charge in [0.15, 0.2) is 0 Å². The van der Waals surface area contributed by atoms with E-state index in [-0.39, 0.29) is 0 Å². The zero-order valence-electron chi connectivity index (χ0n) is 2.58. The molecular formula is C5H-. The molecule has 0 aromatic carbocycles. The highest BCUT2D eigenvalue weighted by Gasteiger charge is 1.37. The molecule has 0 aromatic heterocycles. The zero-order chi connectivity index (χ0) is 4.12. The molecule has 0 aliphatic rings. The van der Waals surface area contributed by atoms with Gasteiger partial charge >= 0.3 is 0 Å². The molecule has 0 amide bonds. The summed E-state index contributed by atoms with van der Waals surface area (Å²) in [7, 11) is 0. The van der Waals surface area contributed by atoms with Crippen LogP contribution in [0, 0.1) is 31.1 Å². The molecule has 0 nitrogen and oxygen atoms in total. The van der Waals surface area contributed by atoms with Gasteiger partial charge in [0.1, 0.15) is 0 Å². The van der Waals surface area contributed by atoms with Crippen molar-refractivity contribution in [2.24, 2.45) is 0 Å². The molecule has 0 heteroatoms. The maximum atomic E-state index is 6.11. The molecule has 0 fully saturated rings. The van der Waals surface area contributed by atoms with Gasteiger partial charge in [-0.2, -0.15) is 0 Å². The third-order valence-electron chi connectivity index (χ3n) is 0.144. The molecule has 22 valence electrons. The third kappa shape index (κ3) is 2.99. The van der Waals surface area contributed by atoms with Crippen molar-refractivity contribution in [3.8, 4) is 11.8 Å². The van der Waals surface area contributed by atoms with Gasteiger partial charge in [0.05, 0.1) is 0 Å². The Bertz CT molecular complexity index is 65.2. The molecule has 0 aliphatic carbocycles. The first-order valence-electron chi connectivity index (χ1n) is 1.08. The molecule has 0 atom stereocenters. The molecule has 0 N–H and O–H groups in total. The van der Waals surface area contributed by atoms with Crippen molar-refractivity contribution in [3.05, 3.63) is 19.3 Å². The van der Waals surface area contributed by atoms with Crippen LogP contribution in [0.5, 0.6) is 0 Å². The standard InChI is InChI=1S/C5H/c1-3-5-4-2/h5H/q-1. The van der Waals surface area contributed by atoms with E-state index in [1.807, 2.05) is 11.8 Å². The fourth-order valence-corrected chi connectivity index (χ4v) is 0.0361. The maximum absolute atomic E-state index is 6.11. The van der Waals surface area contributed by atoms with Crippen LogP contribution in [0.2, 0.25) is 0 Å². The van der Waals surface area contributed by atoms with Gasteiger partial charge in [0.25, 0.3) is 0 Å². The van der Waals surface area contributed by atoms with E-state index < -0.39 is 0 Å². The van der Waals surface area contributed by atoms with Crippen molar-refractivity contribution in [2.45, 2.75) is 0 Å². The summed E-state index contributed by atoms with van der Waals surface area (Å²) in [6, 6.07) is 0. The molecule has 0 spiro atoms. The first-order valence-corrected chi connectivity index (χ1v) is 1.08. The highest BCUT2D eigenvalue weighted by molar-refractivity contribution is 5.13. The monoisotopic (exact) mass is 61.0 g/mol. The predicted octanol–water partition coefficient (Wildman–Crippen LogP) is 0.370. The van der Waals surface area contributed by atoms with Crippen LogP contribution in [0.15, 0.2) is 0 Å². The van der Waals surface area contributed by atoms with E-state index in [9.17, 15) is 0 Å². The Morgan fingerprint density at radius 1 is 1.20 bits per heavy atom. The summed E-state index contributed by atoms with van der Waals surface area (Å²) < 4.78 is 0. The molecule has 0 unspecified atom stereocenters. The second-order valence-corrected chi connectivity index (χ2v) is 0.433. The van der Waals surface area contributed by atoms with Gasteiger partial charge in [-0.05, 0) is 0 Å². The smallest absolute Gasteiger partial charge is 0.0757 e. The lowest BCUT2D eigenvalue weighted by Crippen LogP contribution is -1.49. The average Bonchev–Trinajstić information content (AvgIpc) is 1.41. The lowest BCUT2D eigenvalue weighted by atomic mass is 10.5. The van der Waals surface area contributed by atoms with Crippen molar-refractivity contribution in [3.63, 3.8) is 0 Å². The van der Waals surface area contributed by atoms with Crippen molar-refractivity contribution >= 4 is 0 Å². The van der Waals surface area contributed by atoms with Crippen LogP contribution in [0.1, 0.15) is 0 Å². The number of rotatable bonds is 0. The molecular weight excluding hydrogens is 60.1 g/mol. The molecule has 0 aliphatic heterocycles. The Kier molecular flexibility index (Phi) is 2.39. The molecule has 0 aromatic rings. The highest BCUT2D eigenvalue weighted by Crippen LogP contribution is 1.57. The first-order chi connectivity index (χ1) is 2.41. The van der Waals surface area contributed by atoms with E-state index in [0.29, 0.717) is 0 Å². The van der Waals surface area contributed by atoms with Crippen LogP contribution in [-0.4, -0.2) is 0 Å². The van der Waals surface area contributed by atoms with Gasteiger partial charge in [0.2, 0.25) is 0 Å². The summed E-state index contributed by atoms with van der Waals surface area (Å²) in [5.74, 6) is 3.69. The van der Waals surface area contributed by atoms with Crippen molar-refractivity contribution in [1.29, 1.82) is 0 Å². The van der Waals surface area contributed by atoms with Gasteiger partial charge in [-0.3, -0.25) is 0 Å². The maximum Gasteiger partial charge on any atom is -0.0757 e. The second-order valence-electron chi connectivity index (χ2n) is 0.433. The van der Waals surface area contributed by atoms with Crippen LogP contribution < -0.4 is 0 Å². The number of hydrogen-bond donors (Lipinski definition) is 0. The first kappa shape index (κ1) is 3.99. The van der Waals surface area contributed by atoms with Crippen LogP contribution in [0.25, 0.3) is 0 Å². The van der Waals surface area contributed by atoms with E-state index in [0.717, 1.165) is 6.42 Å². The van der Waals surface area contributed by atoms with E-state index in [1.165, 1.54) is 0 Å². The molecule has 0 saturated heterocycles. The van der Waals surface area contributed by atoms with Crippen LogP contribution in [-0.2, 0) is 0 Å². The summed E-state index contributed by atoms with van der Waals surface area (Å²) in [6.45, 7) is 0. The summed E-state index contributed by atoms with van der Waals surface area (Å²) in [4.78, 5) is 0. The second kappa shape index (κ2) is 2.99. The van der Waals surface area contributed by atoms with Gasteiger partial charge in [-0.1, -0.05) is 6.42 Å². The minimum atomic E-state index is 1.08. The van der Waals surface area contributed by atoms with Crippen LogP contribution in [0.4, 0.5) is 0 Å². The minimum absolute atomic E-state index is 1.08. The highest BCUT2D eigenvalue weighted by atomic mass is 13.5. The average molecular weight is 61.1 g/mol. The van der Waals surface area contributed by atoms with Gasteiger partial charge in [-0.15, -0.1) is 0 Å². The Balaban J connectivity index is 2.86. The van der Waals surface area contributed by atoms with Crippen molar-refractivity contribution < 1.29 is 0 Å². The largest absolute Gasteiger partial charge is 0.246 e. The summed E-state index contributed by atoms with van der Waals surface area (Å²) in [6.07, 6.45) is 13.3. The lowest BCUT2D eigenvalue weighted by molar-refractivity contribution is 2.01. The number of hydrogen-bond acceptors (Lipinski definition) is 0. The Morgan fingerprint density at radius 2 is 1.60 bits per heavy atom. The molecule has 0 bridgehead atoms. The quantitative estimate of drug-likeness (QED) is 0.280. The minimum Gasteiger partial charge on any atom is -0.246 e. The van der Waals surface area contributed by atoms with Gasteiger partial charge in [-0.25, -0.2) is 24.7 Å². The molecule has 0 heterocycles. The Hall–Kier alpha value is -1.01. The van der Waals surface area contributed by atoms with Crippen LogP contribution in [0.3, 0.4) is 0 Å². The predicted molar refractivity (Wildman–Crippen MR) is 18.6 cm³/mol. The molecule has 0 rings (SSSR count). The van der Waals surface area contributed by atoms with Gasteiger partial charge in [0, 0.05) is 0 Å². The normalized spacial score (nSPS) is 3.60.